The van der Waals surface area contributed by atoms with Crippen LogP contribution in [0.1, 0.15) is 49.4 Å². The highest BCUT2D eigenvalue weighted by atomic mass is 16.2. The van der Waals surface area contributed by atoms with Gasteiger partial charge in [0.15, 0.2) is 12.4 Å². The lowest BCUT2D eigenvalue weighted by molar-refractivity contribution is -0.706. The highest BCUT2D eigenvalue weighted by molar-refractivity contribution is 5.92. The molecule has 0 spiro atoms. The predicted molar refractivity (Wildman–Crippen MR) is 92.4 cm³/mol. The van der Waals surface area contributed by atoms with E-state index < -0.39 is 0 Å². The van der Waals surface area contributed by atoms with Crippen molar-refractivity contribution in [2.24, 2.45) is 0 Å². The Labute approximate surface area is 138 Å². The summed E-state index contributed by atoms with van der Waals surface area (Å²) in [5.41, 5.74) is 4.97. The van der Waals surface area contributed by atoms with Crippen LogP contribution in [0.3, 0.4) is 0 Å². The number of amides is 1. The maximum absolute atomic E-state index is 12.5. The van der Waals surface area contributed by atoms with Crippen LogP contribution in [0.2, 0.25) is 0 Å². The SMILES string of the molecule is CCc1ccc(NC(=O)[C@H](C)[n+]2ccc3c(c2)CCCC3)cc1. The lowest BCUT2D eigenvalue weighted by Crippen LogP contribution is -2.44. The number of aromatic nitrogens is 1. The molecule has 2 aromatic rings. The average Bonchev–Trinajstić information content (AvgIpc) is 2.61. The van der Waals surface area contributed by atoms with Gasteiger partial charge in [-0.25, -0.2) is 0 Å². The molecule has 1 aromatic heterocycles. The highest BCUT2D eigenvalue weighted by Gasteiger charge is 2.24. The molecule has 23 heavy (non-hydrogen) atoms. The second-order valence-electron chi connectivity index (χ2n) is 6.37. The first-order valence-electron chi connectivity index (χ1n) is 8.59. The van der Waals surface area contributed by atoms with Gasteiger partial charge in [0.2, 0.25) is 6.04 Å². The third-order valence-corrected chi connectivity index (χ3v) is 4.76. The van der Waals surface area contributed by atoms with Gasteiger partial charge in [-0.2, -0.15) is 4.57 Å². The van der Waals surface area contributed by atoms with E-state index in [2.05, 4.69) is 36.6 Å². The average molecular weight is 309 g/mol. The molecule has 0 fully saturated rings. The summed E-state index contributed by atoms with van der Waals surface area (Å²) >= 11 is 0. The van der Waals surface area contributed by atoms with Gasteiger partial charge in [-0.15, -0.1) is 0 Å². The van der Waals surface area contributed by atoms with Gasteiger partial charge >= 0.3 is 0 Å². The molecule has 1 aliphatic rings. The zero-order chi connectivity index (χ0) is 16.2. The van der Waals surface area contributed by atoms with Crippen LogP contribution >= 0.6 is 0 Å². The Morgan fingerprint density at radius 2 is 1.83 bits per heavy atom. The van der Waals surface area contributed by atoms with Crippen molar-refractivity contribution in [2.75, 3.05) is 5.32 Å². The third kappa shape index (κ3) is 3.61. The zero-order valence-electron chi connectivity index (χ0n) is 14.0. The number of carbonyl (C=O) groups is 1. The molecule has 1 aromatic carbocycles. The van der Waals surface area contributed by atoms with E-state index in [9.17, 15) is 4.79 Å². The second kappa shape index (κ2) is 6.95. The Hall–Kier alpha value is -2.16. The molecule has 0 aliphatic heterocycles. The number of fused-ring (bicyclic) bond motifs is 1. The number of rotatable bonds is 4. The van der Waals surface area contributed by atoms with E-state index in [1.165, 1.54) is 36.0 Å². The van der Waals surface area contributed by atoms with Gasteiger partial charge in [-0.1, -0.05) is 19.1 Å². The number of aryl methyl sites for hydroxylation is 3. The summed E-state index contributed by atoms with van der Waals surface area (Å²) in [5, 5.41) is 3.01. The Morgan fingerprint density at radius 1 is 1.13 bits per heavy atom. The Morgan fingerprint density at radius 3 is 2.52 bits per heavy atom. The number of hydrogen-bond donors (Lipinski definition) is 1. The number of hydrogen-bond acceptors (Lipinski definition) is 1. The molecule has 0 saturated heterocycles. The first-order chi connectivity index (χ1) is 11.2. The largest absolute Gasteiger partial charge is 0.320 e. The topological polar surface area (TPSA) is 33.0 Å². The van der Waals surface area contributed by atoms with Crippen molar-refractivity contribution in [3.05, 3.63) is 59.4 Å². The molecule has 1 amide bonds. The van der Waals surface area contributed by atoms with Crippen molar-refractivity contribution in [3.8, 4) is 0 Å². The van der Waals surface area contributed by atoms with Crippen LogP contribution in [-0.2, 0) is 24.1 Å². The lowest BCUT2D eigenvalue weighted by atomic mass is 9.93. The number of anilines is 1. The van der Waals surface area contributed by atoms with Crippen molar-refractivity contribution >= 4 is 11.6 Å². The number of benzene rings is 1. The van der Waals surface area contributed by atoms with Gasteiger partial charge < -0.3 is 5.32 Å². The minimum atomic E-state index is -0.215. The van der Waals surface area contributed by atoms with Gasteiger partial charge in [0.05, 0.1) is 0 Å². The summed E-state index contributed by atoms with van der Waals surface area (Å²) in [6, 6.07) is 10.0. The first kappa shape index (κ1) is 15.7. The van der Waals surface area contributed by atoms with Gasteiger partial charge in [0, 0.05) is 24.2 Å². The van der Waals surface area contributed by atoms with Crippen LogP contribution in [0.15, 0.2) is 42.7 Å². The van der Waals surface area contributed by atoms with Crippen molar-refractivity contribution < 1.29 is 9.36 Å². The minimum Gasteiger partial charge on any atom is -0.320 e. The number of nitrogens with zero attached hydrogens (tertiary/aromatic N) is 1. The van der Waals surface area contributed by atoms with Gasteiger partial charge in [0.25, 0.3) is 5.91 Å². The van der Waals surface area contributed by atoms with Crippen molar-refractivity contribution in [3.63, 3.8) is 0 Å². The first-order valence-corrected chi connectivity index (χ1v) is 8.59. The maximum Gasteiger partial charge on any atom is 0.293 e. The molecular formula is C20H25N2O+. The number of nitrogens with one attached hydrogen (secondary N) is 1. The molecule has 1 heterocycles. The molecule has 0 bridgehead atoms. The zero-order valence-corrected chi connectivity index (χ0v) is 14.0. The predicted octanol–water partition coefficient (Wildman–Crippen LogP) is 3.62. The minimum absolute atomic E-state index is 0.0232. The highest BCUT2D eigenvalue weighted by Crippen LogP contribution is 2.19. The quantitative estimate of drug-likeness (QED) is 0.860. The fraction of sp³-hybridized carbons (Fsp3) is 0.400. The van der Waals surface area contributed by atoms with E-state index in [0.717, 1.165) is 18.5 Å². The summed E-state index contributed by atoms with van der Waals surface area (Å²) < 4.78 is 2.03. The van der Waals surface area contributed by atoms with Crippen molar-refractivity contribution in [2.45, 2.75) is 52.0 Å². The molecule has 120 valence electrons. The summed E-state index contributed by atoms with van der Waals surface area (Å²) in [7, 11) is 0. The van der Waals surface area contributed by atoms with Gasteiger partial charge in [-0.3, -0.25) is 4.79 Å². The van der Waals surface area contributed by atoms with E-state index in [1.54, 1.807) is 0 Å². The molecule has 1 N–H and O–H groups in total. The molecule has 0 unspecified atom stereocenters. The molecule has 1 aliphatic carbocycles. The third-order valence-electron chi connectivity index (χ3n) is 4.76. The molecule has 3 rings (SSSR count). The van der Waals surface area contributed by atoms with Crippen LogP contribution < -0.4 is 9.88 Å². The van der Waals surface area contributed by atoms with Gasteiger partial charge in [-0.05, 0) is 55.4 Å². The van der Waals surface area contributed by atoms with Crippen LogP contribution in [-0.4, -0.2) is 5.91 Å². The van der Waals surface area contributed by atoms with E-state index in [1.807, 2.05) is 29.8 Å². The Bertz CT molecular complexity index is 691. The summed E-state index contributed by atoms with van der Waals surface area (Å²) in [4.78, 5) is 12.5. The summed E-state index contributed by atoms with van der Waals surface area (Å²) in [6.45, 7) is 4.08. The van der Waals surface area contributed by atoms with Crippen LogP contribution in [0, 0.1) is 0 Å². The van der Waals surface area contributed by atoms with Crippen molar-refractivity contribution in [1.82, 2.24) is 0 Å². The second-order valence-corrected chi connectivity index (χ2v) is 6.37. The van der Waals surface area contributed by atoms with E-state index >= 15 is 0 Å². The Balaban J connectivity index is 1.71. The number of carbonyl (C=O) groups excluding carboxylic acids is 1. The summed E-state index contributed by atoms with van der Waals surface area (Å²) in [5.74, 6) is 0.0232. The van der Waals surface area contributed by atoms with Crippen molar-refractivity contribution in [1.29, 1.82) is 0 Å². The smallest absolute Gasteiger partial charge is 0.293 e. The summed E-state index contributed by atoms with van der Waals surface area (Å²) in [6.07, 6.45) is 10.0. The molecular weight excluding hydrogens is 284 g/mol. The molecule has 0 radical (unpaired) electrons. The van der Waals surface area contributed by atoms with Gasteiger partial charge in [0.1, 0.15) is 0 Å². The molecule has 1 atom stereocenters. The van der Waals surface area contributed by atoms with Crippen LogP contribution in [0.5, 0.6) is 0 Å². The molecule has 3 heteroatoms. The fourth-order valence-electron chi connectivity index (χ4n) is 3.14. The van der Waals surface area contributed by atoms with Crippen LogP contribution in [0.4, 0.5) is 5.69 Å². The Kier molecular flexibility index (Phi) is 4.75. The van der Waals surface area contributed by atoms with E-state index in [4.69, 9.17) is 0 Å². The van der Waals surface area contributed by atoms with E-state index in [-0.39, 0.29) is 11.9 Å². The monoisotopic (exact) mass is 309 g/mol. The molecule has 3 nitrogen and oxygen atoms in total. The van der Waals surface area contributed by atoms with Crippen LogP contribution in [0.25, 0.3) is 0 Å². The lowest BCUT2D eigenvalue weighted by Gasteiger charge is -2.15. The normalized spacial score (nSPS) is 14.9. The maximum atomic E-state index is 12.5. The fourth-order valence-corrected chi connectivity index (χ4v) is 3.14. The standard InChI is InChI=1S/C20H24N2O/c1-3-16-8-10-19(11-9-16)21-20(23)15(2)22-13-12-17-6-4-5-7-18(17)14-22/h8-15H,3-7H2,1-2H3/p+1/t15-/m0/s1. The molecule has 0 saturated carbocycles. The number of pyridine rings is 1. The van der Waals surface area contributed by atoms with E-state index in [0.29, 0.717) is 0 Å².